The predicted octanol–water partition coefficient (Wildman–Crippen LogP) is 3.07. The molecule has 4 rings (SSSR count). The minimum absolute atomic E-state index is 0. The van der Waals surface area contributed by atoms with Gasteiger partial charge in [0.15, 0.2) is 11.1 Å². The van der Waals surface area contributed by atoms with Crippen molar-refractivity contribution in [2.24, 2.45) is 10.7 Å². The molecule has 0 unspecified atom stereocenters. The highest BCUT2D eigenvalue weighted by Gasteiger charge is 2.45. The van der Waals surface area contributed by atoms with Crippen molar-refractivity contribution in [2.75, 3.05) is 37.6 Å². The quantitative estimate of drug-likeness (QED) is 0.409. The number of rotatable bonds is 4. The fourth-order valence-corrected chi connectivity index (χ4v) is 4.08. The number of hydrogen-bond donors (Lipinski definition) is 1. The molecule has 1 saturated carbocycles. The number of aromatic nitrogens is 1. The normalized spacial score (nSPS) is 19.2. The first kappa shape index (κ1) is 19.3. The van der Waals surface area contributed by atoms with E-state index in [1.165, 1.54) is 6.07 Å². The SMILES string of the molecule is I.NC(=NCC1(c2ccccc2F)CC1)N1CCN(c2nccs2)CC1. The van der Waals surface area contributed by atoms with Gasteiger partial charge >= 0.3 is 0 Å². The predicted molar refractivity (Wildman–Crippen MR) is 115 cm³/mol. The third kappa shape index (κ3) is 3.95. The lowest BCUT2D eigenvalue weighted by atomic mass is 9.95. The van der Waals surface area contributed by atoms with E-state index < -0.39 is 0 Å². The Hall–Kier alpha value is -1.42. The maximum atomic E-state index is 14.1. The Morgan fingerprint density at radius 1 is 1.23 bits per heavy atom. The van der Waals surface area contributed by atoms with Gasteiger partial charge in [0.05, 0.1) is 6.54 Å². The molecule has 1 aliphatic heterocycles. The Kier molecular flexibility index (Phi) is 6.01. The lowest BCUT2D eigenvalue weighted by Crippen LogP contribution is -2.51. The van der Waals surface area contributed by atoms with Crippen LogP contribution in [0.4, 0.5) is 9.52 Å². The van der Waals surface area contributed by atoms with Gasteiger partial charge in [0.25, 0.3) is 0 Å². The van der Waals surface area contributed by atoms with E-state index in [-0.39, 0.29) is 35.2 Å². The number of nitrogens with two attached hydrogens (primary N) is 1. The van der Waals surface area contributed by atoms with Crippen LogP contribution in [0.15, 0.2) is 40.8 Å². The smallest absolute Gasteiger partial charge is 0.191 e. The maximum Gasteiger partial charge on any atom is 0.191 e. The third-order valence-corrected chi connectivity index (χ3v) is 5.97. The zero-order valence-corrected chi connectivity index (χ0v) is 17.6. The Morgan fingerprint density at radius 2 is 1.96 bits per heavy atom. The lowest BCUT2D eigenvalue weighted by Gasteiger charge is -2.35. The summed E-state index contributed by atoms with van der Waals surface area (Å²) in [4.78, 5) is 13.4. The van der Waals surface area contributed by atoms with E-state index in [1.54, 1.807) is 17.4 Å². The summed E-state index contributed by atoms with van der Waals surface area (Å²) in [5.41, 5.74) is 6.84. The van der Waals surface area contributed by atoms with Gasteiger partial charge in [-0.25, -0.2) is 9.37 Å². The van der Waals surface area contributed by atoms with Gasteiger partial charge in [-0.15, -0.1) is 35.3 Å². The van der Waals surface area contributed by atoms with Crippen molar-refractivity contribution in [3.8, 4) is 0 Å². The fraction of sp³-hybridized carbons (Fsp3) is 0.444. The molecule has 2 aliphatic rings. The molecule has 140 valence electrons. The summed E-state index contributed by atoms with van der Waals surface area (Å²) in [6.45, 7) is 4.01. The number of halogens is 2. The highest BCUT2D eigenvalue weighted by Crippen LogP contribution is 2.49. The van der Waals surface area contributed by atoms with E-state index in [2.05, 4.69) is 19.8 Å². The number of guanidine groups is 1. The van der Waals surface area contributed by atoms with E-state index in [0.717, 1.165) is 49.7 Å². The highest BCUT2D eigenvalue weighted by atomic mass is 127. The van der Waals surface area contributed by atoms with Crippen LogP contribution in [-0.2, 0) is 5.41 Å². The minimum atomic E-state index is -0.154. The van der Waals surface area contributed by atoms with Crippen molar-refractivity contribution in [2.45, 2.75) is 18.3 Å². The van der Waals surface area contributed by atoms with Crippen LogP contribution >= 0.6 is 35.3 Å². The Balaban J connectivity index is 0.00000196. The molecule has 5 nitrogen and oxygen atoms in total. The Bertz CT molecular complexity index is 755. The molecule has 0 amide bonds. The van der Waals surface area contributed by atoms with Gasteiger partial charge in [0.1, 0.15) is 5.82 Å². The van der Waals surface area contributed by atoms with E-state index in [0.29, 0.717) is 12.5 Å². The summed E-state index contributed by atoms with van der Waals surface area (Å²) in [6, 6.07) is 7.03. The molecule has 1 aromatic carbocycles. The molecule has 0 bridgehead atoms. The Morgan fingerprint density at radius 3 is 2.58 bits per heavy atom. The second-order valence-corrected chi connectivity index (χ2v) is 7.60. The molecule has 2 fully saturated rings. The van der Waals surface area contributed by atoms with Crippen LogP contribution in [0.25, 0.3) is 0 Å². The van der Waals surface area contributed by atoms with Gasteiger partial charge in [-0.05, 0) is 24.5 Å². The van der Waals surface area contributed by atoms with Crippen molar-refractivity contribution < 1.29 is 4.39 Å². The number of aliphatic imine (C=N–C) groups is 1. The summed E-state index contributed by atoms with van der Waals surface area (Å²) < 4.78 is 14.1. The summed E-state index contributed by atoms with van der Waals surface area (Å²) in [5.74, 6) is 0.437. The first-order chi connectivity index (χ1) is 12.2. The zero-order chi connectivity index (χ0) is 17.3. The number of nitrogens with zero attached hydrogens (tertiary/aromatic N) is 4. The van der Waals surface area contributed by atoms with Gasteiger partial charge in [-0.1, -0.05) is 18.2 Å². The molecule has 2 aromatic rings. The molecule has 0 spiro atoms. The van der Waals surface area contributed by atoms with Crippen LogP contribution in [0.1, 0.15) is 18.4 Å². The summed E-state index contributed by atoms with van der Waals surface area (Å²) >= 11 is 1.66. The minimum Gasteiger partial charge on any atom is -0.370 e. The second-order valence-electron chi connectivity index (χ2n) is 6.72. The van der Waals surface area contributed by atoms with Crippen molar-refractivity contribution >= 4 is 46.4 Å². The summed E-state index contributed by atoms with van der Waals surface area (Å²) in [7, 11) is 0. The van der Waals surface area contributed by atoms with Crippen molar-refractivity contribution in [3.63, 3.8) is 0 Å². The molecule has 1 aromatic heterocycles. The van der Waals surface area contributed by atoms with Gasteiger partial charge in [-0.3, -0.25) is 4.99 Å². The number of thiazole rings is 1. The van der Waals surface area contributed by atoms with E-state index >= 15 is 0 Å². The van der Waals surface area contributed by atoms with Gasteiger partial charge in [0, 0.05) is 43.2 Å². The summed E-state index contributed by atoms with van der Waals surface area (Å²) in [5, 5.41) is 3.06. The number of benzene rings is 1. The zero-order valence-electron chi connectivity index (χ0n) is 14.5. The molecule has 0 radical (unpaired) electrons. The monoisotopic (exact) mass is 487 g/mol. The molecule has 2 N–H and O–H groups in total. The van der Waals surface area contributed by atoms with Crippen molar-refractivity contribution in [1.29, 1.82) is 0 Å². The first-order valence-electron chi connectivity index (χ1n) is 8.62. The molecular formula is C18H23FIN5S. The number of anilines is 1. The van der Waals surface area contributed by atoms with Crippen LogP contribution in [0.2, 0.25) is 0 Å². The van der Waals surface area contributed by atoms with E-state index in [4.69, 9.17) is 5.73 Å². The highest BCUT2D eigenvalue weighted by molar-refractivity contribution is 14.0. The topological polar surface area (TPSA) is 57.8 Å². The summed E-state index contributed by atoms with van der Waals surface area (Å²) in [6.07, 6.45) is 3.78. The van der Waals surface area contributed by atoms with E-state index in [9.17, 15) is 4.39 Å². The maximum absolute atomic E-state index is 14.1. The van der Waals surface area contributed by atoms with Crippen LogP contribution < -0.4 is 10.6 Å². The molecule has 0 atom stereocenters. The van der Waals surface area contributed by atoms with Gasteiger partial charge in [0.2, 0.25) is 0 Å². The lowest BCUT2D eigenvalue weighted by molar-refractivity contribution is 0.380. The number of piperazine rings is 1. The third-order valence-electron chi connectivity index (χ3n) is 5.14. The average molecular weight is 487 g/mol. The standard InChI is InChI=1S/C18H22FN5S.HI/c19-15-4-2-1-3-14(15)18(5-6-18)13-22-16(20)23-8-10-24(11-9-23)17-21-7-12-25-17;/h1-4,7,12H,5-6,8-11,13H2,(H2,20,22);1H. The van der Waals surface area contributed by atoms with E-state index in [1.807, 2.05) is 23.7 Å². The van der Waals surface area contributed by atoms with Gasteiger partial charge < -0.3 is 15.5 Å². The van der Waals surface area contributed by atoms with Crippen molar-refractivity contribution in [3.05, 3.63) is 47.2 Å². The molecule has 2 heterocycles. The van der Waals surface area contributed by atoms with Crippen LogP contribution in [0, 0.1) is 5.82 Å². The van der Waals surface area contributed by atoms with Crippen LogP contribution in [-0.4, -0.2) is 48.6 Å². The number of hydrogen-bond acceptors (Lipinski definition) is 4. The molecule has 8 heteroatoms. The molecule has 1 saturated heterocycles. The average Bonchev–Trinajstić information content (AvgIpc) is 3.22. The Labute approximate surface area is 174 Å². The molecule has 26 heavy (non-hydrogen) atoms. The molecular weight excluding hydrogens is 464 g/mol. The fourth-order valence-electron chi connectivity index (χ4n) is 3.39. The van der Waals surface area contributed by atoms with Crippen LogP contribution in [0.3, 0.4) is 0 Å². The second kappa shape index (κ2) is 8.08. The largest absolute Gasteiger partial charge is 0.370 e. The van der Waals surface area contributed by atoms with Gasteiger partial charge in [-0.2, -0.15) is 0 Å². The molecule has 1 aliphatic carbocycles. The first-order valence-corrected chi connectivity index (χ1v) is 9.50. The van der Waals surface area contributed by atoms with Crippen LogP contribution in [0.5, 0.6) is 0 Å². The van der Waals surface area contributed by atoms with Crippen molar-refractivity contribution in [1.82, 2.24) is 9.88 Å².